The summed E-state index contributed by atoms with van der Waals surface area (Å²) < 4.78 is 0. The molecule has 1 amide bonds. The van der Waals surface area contributed by atoms with Crippen molar-refractivity contribution in [2.24, 2.45) is 16.5 Å². The van der Waals surface area contributed by atoms with Gasteiger partial charge in [-0.3, -0.25) is 9.79 Å². The Morgan fingerprint density at radius 2 is 1.41 bits per heavy atom. The zero-order chi connectivity index (χ0) is 23.2. The van der Waals surface area contributed by atoms with Crippen LogP contribution in [0.3, 0.4) is 0 Å². The van der Waals surface area contributed by atoms with Crippen LogP contribution in [-0.4, -0.2) is 30.4 Å². The maximum Gasteiger partial charge on any atom is 1.00 e. The van der Waals surface area contributed by atoms with Crippen molar-refractivity contribution in [1.82, 2.24) is 5.32 Å². The quantitative estimate of drug-likeness (QED) is 0.0721. The van der Waals surface area contributed by atoms with E-state index in [1.165, 1.54) is 51.4 Å². The van der Waals surface area contributed by atoms with E-state index in [4.69, 9.17) is 11.5 Å². The van der Waals surface area contributed by atoms with Crippen molar-refractivity contribution in [3.8, 4) is 0 Å². The van der Waals surface area contributed by atoms with Crippen LogP contribution in [0.15, 0.2) is 17.1 Å². The number of nitrogens with two attached hydrogens (primary N) is 2. The Morgan fingerprint density at radius 3 is 1.94 bits per heavy atom. The molecular weight excluding hydrogens is 431 g/mol. The number of nitrogens with zero attached hydrogens (tertiary/aromatic N) is 1. The maximum absolute atomic E-state index is 12.0. The monoisotopic (exact) mass is 476 g/mol. The fraction of sp³-hybridized carbons (Fsp3) is 0.792. The standard InChI is InChI=1S/C24H46N4O3.K/c1-2-3-4-5-6-7-8-9-10-11-12-13-14-15-16-19-22(29)28-21(23(30)31)18-17-20-27-24(25)26;/h9-10,21H,2-8,11-20H2,1H3,(H,28,29)(H,30,31)(H4,25,26,27);/q;+1/p-1/b10-9-;/t21-;/m0./s1. The van der Waals surface area contributed by atoms with Crippen LogP contribution in [0.4, 0.5) is 0 Å². The van der Waals surface area contributed by atoms with Crippen LogP contribution in [0.5, 0.6) is 0 Å². The minimum atomic E-state index is -1.28. The first-order valence-electron chi connectivity index (χ1n) is 12.2. The smallest absolute Gasteiger partial charge is 0.548 e. The molecule has 0 unspecified atom stereocenters. The van der Waals surface area contributed by atoms with E-state index in [2.05, 4.69) is 29.4 Å². The Labute approximate surface area is 238 Å². The summed E-state index contributed by atoms with van der Waals surface area (Å²) in [6.07, 6.45) is 21.2. The van der Waals surface area contributed by atoms with Crippen molar-refractivity contribution in [3.63, 3.8) is 0 Å². The number of aliphatic carboxylic acids is 1. The SMILES string of the molecule is CCCCCCCC/C=C\CCCCCCCC(=O)N[C@@H](CCCN=C(N)N)C(=O)[O-].[K+]. The number of hydrogen-bond donors (Lipinski definition) is 3. The van der Waals surface area contributed by atoms with Crippen LogP contribution in [-0.2, 0) is 9.59 Å². The summed E-state index contributed by atoms with van der Waals surface area (Å²) in [6.45, 7) is 2.58. The summed E-state index contributed by atoms with van der Waals surface area (Å²) in [7, 11) is 0. The third-order valence-electron chi connectivity index (χ3n) is 5.23. The van der Waals surface area contributed by atoms with Crippen molar-refractivity contribution in [1.29, 1.82) is 0 Å². The van der Waals surface area contributed by atoms with E-state index in [0.717, 1.165) is 32.1 Å². The number of aliphatic imine (C=N–C) groups is 1. The molecule has 0 fully saturated rings. The Hall–Kier alpha value is -0.414. The summed E-state index contributed by atoms with van der Waals surface area (Å²) in [6, 6.07) is -0.996. The summed E-state index contributed by atoms with van der Waals surface area (Å²) in [5.74, 6) is -1.55. The topological polar surface area (TPSA) is 134 Å². The Kier molecular flexibility index (Phi) is 26.6. The van der Waals surface area contributed by atoms with Crippen LogP contribution in [0, 0.1) is 0 Å². The zero-order valence-corrected chi connectivity index (χ0v) is 23.7. The molecule has 0 bridgehead atoms. The number of carbonyl (C=O) groups is 2. The molecule has 5 N–H and O–H groups in total. The van der Waals surface area contributed by atoms with E-state index in [-0.39, 0.29) is 69.7 Å². The predicted molar refractivity (Wildman–Crippen MR) is 126 cm³/mol. The first-order chi connectivity index (χ1) is 15.0. The second-order valence-electron chi connectivity index (χ2n) is 8.22. The summed E-state index contributed by atoms with van der Waals surface area (Å²) >= 11 is 0. The number of carboxylic acid groups (broad SMARTS) is 1. The molecule has 32 heavy (non-hydrogen) atoms. The number of amides is 1. The van der Waals surface area contributed by atoms with Crippen LogP contribution in [0.1, 0.15) is 110 Å². The minimum absolute atomic E-state index is 0. The number of hydrogen-bond acceptors (Lipinski definition) is 4. The van der Waals surface area contributed by atoms with Gasteiger partial charge in [-0.25, -0.2) is 0 Å². The number of carbonyl (C=O) groups excluding carboxylic acids is 2. The molecule has 8 heteroatoms. The van der Waals surface area contributed by atoms with Crippen LogP contribution in [0.25, 0.3) is 0 Å². The summed E-state index contributed by atoms with van der Waals surface area (Å²) in [4.78, 5) is 26.9. The van der Waals surface area contributed by atoms with Gasteiger partial charge in [-0.1, -0.05) is 70.4 Å². The molecule has 0 aromatic carbocycles. The van der Waals surface area contributed by atoms with Crippen molar-refractivity contribution < 1.29 is 66.1 Å². The number of guanidine groups is 1. The predicted octanol–water partition coefficient (Wildman–Crippen LogP) is 0.316. The van der Waals surface area contributed by atoms with Gasteiger partial charge in [-0.2, -0.15) is 0 Å². The first kappa shape index (κ1) is 33.8. The fourth-order valence-corrected chi connectivity index (χ4v) is 3.38. The fourth-order valence-electron chi connectivity index (χ4n) is 3.38. The van der Waals surface area contributed by atoms with Gasteiger partial charge in [0.15, 0.2) is 5.96 Å². The molecule has 0 saturated heterocycles. The summed E-state index contributed by atoms with van der Waals surface area (Å²) in [5.41, 5.74) is 10.4. The number of allylic oxidation sites excluding steroid dienone is 2. The summed E-state index contributed by atoms with van der Waals surface area (Å²) in [5, 5.41) is 13.7. The molecule has 1 atom stereocenters. The van der Waals surface area contributed by atoms with Crippen molar-refractivity contribution in [2.45, 2.75) is 116 Å². The van der Waals surface area contributed by atoms with Gasteiger partial charge < -0.3 is 26.7 Å². The van der Waals surface area contributed by atoms with Gasteiger partial charge >= 0.3 is 51.4 Å². The molecule has 7 nitrogen and oxygen atoms in total. The third-order valence-corrected chi connectivity index (χ3v) is 5.23. The van der Waals surface area contributed by atoms with E-state index in [1.807, 2.05) is 0 Å². The van der Waals surface area contributed by atoms with Gasteiger partial charge in [0.05, 0.1) is 12.0 Å². The normalized spacial score (nSPS) is 11.7. The molecule has 0 heterocycles. The Bertz CT molecular complexity index is 523. The minimum Gasteiger partial charge on any atom is -0.548 e. The first-order valence-corrected chi connectivity index (χ1v) is 12.2. The second-order valence-corrected chi connectivity index (χ2v) is 8.22. The molecule has 0 radical (unpaired) electrons. The van der Waals surface area contributed by atoms with Gasteiger partial charge in [0.25, 0.3) is 0 Å². The number of unbranched alkanes of at least 4 members (excludes halogenated alkanes) is 11. The zero-order valence-electron chi connectivity index (χ0n) is 20.6. The Balaban J connectivity index is 0. The van der Waals surface area contributed by atoms with Crippen molar-refractivity contribution >= 4 is 17.8 Å². The number of nitrogens with one attached hydrogen (secondary N) is 1. The second kappa shape index (κ2) is 25.2. The van der Waals surface area contributed by atoms with E-state index in [9.17, 15) is 14.7 Å². The molecule has 0 aliphatic heterocycles. The van der Waals surface area contributed by atoms with Crippen LogP contribution in [0.2, 0.25) is 0 Å². The largest absolute Gasteiger partial charge is 1.00 e. The number of carboxylic acids is 1. The molecule has 0 rings (SSSR count). The van der Waals surface area contributed by atoms with Gasteiger partial charge in [0.1, 0.15) is 0 Å². The van der Waals surface area contributed by atoms with Crippen molar-refractivity contribution in [3.05, 3.63) is 12.2 Å². The number of rotatable bonds is 21. The van der Waals surface area contributed by atoms with Gasteiger partial charge in [-0.15, -0.1) is 0 Å². The van der Waals surface area contributed by atoms with E-state index < -0.39 is 12.0 Å². The molecule has 0 aromatic heterocycles. The average molecular weight is 477 g/mol. The van der Waals surface area contributed by atoms with E-state index in [0.29, 0.717) is 19.4 Å². The van der Waals surface area contributed by atoms with Crippen molar-refractivity contribution in [2.75, 3.05) is 6.54 Å². The molecule has 0 aliphatic carbocycles. The van der Waals surface area contributed by atoms with Crippen LogP contribution >= 0.6 is 0 Å². The molecule has 0 saturated carbocycles. The maximum atomic E-state index is 12.0. The van der Waals surface area contributed by atoms with Gasteiger partial charge in [0, 0.05) is 13.0 Å². The van der Waals surface area contributed by atoms with E-state index >= 15 is 0 Å². The Morgan fingerprint density at radius 1 is 0.875 bits per heavy atom. The van der Waals surface area contributed by atoms with Gasteiger partial charge in [0.2, 0.25) is 5.91 Å². The molecular formula is C24H45KN4O3. The van der Waals surface area contributed by atoms with Gasteiger partial charge in [-0.05, 0) is 44.9 Å². The molecule has 0 spiro atoms. The van der Waals surface area contributed by atoms with E-state index in [1.54, 1.807) is 0 Å². The van der Waals surface area contributed by atoms with Crippen LogP contribution < -0.4 is 73.3 Å². The molecule has 180 valence electrons. The average Bonchev–Trinajstić information content (AvgIpc) is 2.72. The third kappa shape index (κ3) is 24.2. The molecule has 0 aromatic rings. The molecule has 0 aliphatic rings.